The molecule has 1 amide bonds. The molecule has 0 aliphatic heterocycles. The second-order valence-corrected chi connectivity index (χ2v) is 7.64. The highest BCUT2D eigenvalue weighted by Crippen LogP contribution is 2.31. The van der Waals surface area contributed by atoms with E-state index in [1.807, 2.05) is 19.1 Å². The lowest BCUT2D eigenvalue weighted by atomic mass is 10.1. The molecule has 0 aliphatic rings. The number of rotatable bonds is 4. The summed E-state index contributed by atoms with van der Waals surface area (Å²) in [4.78, 5) is 21.4. The molecule has 0 saturated heterocycles. The van der Waals surface area contributed by atoms with Crippen molar-refractivity contribution in [3.8, 4) is 0 Å². The topological polar surface area (TPSA) is 72.7 Å². The van der Waals surface area contributed by atoms with Crippen molar-refractivity contribution in [2.75, 3.05) is 5.32 Å². The molecule has 3 heterocycles. The van der Waals surface area contributed by atoms with E-state index in [9.17, 15) is 18.0 Å². The van der Waals surface area contributed by atoms with Crippen molar-refractivity contribution in [1.29, 1.82) is 0 Å². The molecule has 0 unspecified atom stereocenters. The summed E-state index contributed by atoms with van der Waals surface area (Å²) in [5.41, 5.74) is 2.45. The van der Waals surface area contributed by atoms with Gasteiger partial charge in [-0.15, -0.1) is 0 Å². The lowest BCUT2D eigenvalue weighted by molar-refractivity contribution is -0.137. The van der Waals surface area contributed by atoms with Crippen molar-refractivity contribution in [2.45, 2.75) is 26.6 Å². The van der Waals surface area contributed by atoms with Crippen LogP contribution in [0, 0.1) is 13.8 Å². The van der Waals surface area contributed by atoms with Crippen LogP contribution in [0.15, 0.2) is 48.8 Å². The summed E-state index contributed by atoms with van der Waals surface area (Å²) in [6.45, 7) is 4.09. The van der Waals surface area contributed by atoms with E-state index in [-0.39, 0.29) is 16.3 Å². The Morgan fingerprint density at radius 3 is 2.41 bits per heavy atom. The predicted molar refractivity (Wildman–Crippen MR) is 115 cm³/mol. The molecule has 0 fully saturated rings. The number of halogens is 4. The molecule has 0 atom stereocenters. The van der Waals surface area contributed by atoms with Gasteiger partial charge in [-0.05, 0) is 49.7 Å². The number of nitrogens with zero attached hydrogens (tertiary/aromatic N) is 4. The Kier molecular flexibility index (Phi) is 5.60. The number of alkyl halides is 3. The lowest BCUT2D eigenvalue weighted by Crippen LogP contribution is -2.14. The van der Waals surface area contributed by atoms with E-state index in [1.165, 1.54) is 18.3 Å². The van der Waals surface area contributed by atoms with Crippen LogP contribution >= 0.6 is 11.6 Å². The van der Waals surface area contributed by atoms with Crippen LogP contribution in [0.4, 0.5) is 18.9 Å². The van der Waals surface area contributed by atoms with E-state index in [0.717, 1.165) is 23.4 Å². The van der Waals surface area contributed by atoms with Crippen LogP contribution in [0.1, 0.15) is 32.9 Å². The third kappa shape index (κ3) is 4.29. The summed E-state index contributed by atoms with van der Waals surface area (Å²) < 4.78 is 39.8. The van der Waals surface area contributed by atoms with Gasteiger partial charge in [0, 0.05) is 23.8 Å². The number of nitrogens with one attached hydrogen (secondary N) is 1. The Morgan fingerprint density at radius 1 is 1.06 bits per heavy atom. The smallest absolute Gasteiger partial charge is 0.322 e. The standard InChI is InChI=1S/C22H17ClF3N5O/c1-12-3-4-14(9-27-12)11-31-20-18(13(2)30-31)19(23)17(10-28-20)21(32)29-16-7-5-15(6-8-16)22(24,25)26/h3-10H,11H2,1-2H3,(H,29,32). The molecule has 6 nitrogen and oxygen atoms in total. The highest BCUT2D eigenvalue weighted by molar-refractivity contribution is 6.39. The second-order valence-electron chi connectivity index (χ2n) is 7.26. The van der Waals surface area contributed by atoms with Gasteiger partial charge >= 0.3 is 6.18 Å². The van der Waals surface area contributed by atoms with Gasteiger partial charge in [-0.2, -0.15) is 18.3 Å². The molecule has 10 heteroatoms. The van der Waals surface area contributed by atoms with E-state index >= 15 is 0 Å². The lowest BCUT2D eigenvalue weighted by Gasteiger charge is -2.10. The average molecular weight is 460 g/mol. The summed E-state index contributed by atoms with van der Waals surface area (Å²) >= 11 is 6.51. The van der Waals surface area contributed by atoms with Crippen molar-refractivity contribution < 1.29 is 18.0 Å². The fourth-order valence-corrected chi connectivity index (χ4v) is 3.60. The van der Waals surface area contributed by atoms with Crippen LogP contribution in [-0.4, -0.2) is 25.7 Å². The number of carbonyl (C=O) groups is 1. The van der Waals surface area contributed by atoms with Gasteiger partial charge in [0.05, 0.1) is 33.8 Å². The Labute approximate surface area is 186 Å². The van der Waals surface area contributed by atoms with E-state index in [0.29, 0.717) is 23.3 Å². The molecule has 0 saturated carbocycles. The molecular formula is C22H17ClF3N5O. The van der Waals surface area contributed by atoms with Crippen molar-refractivity contribution in [3.63, 3.8) is 0 Å². The van der Waals surface area contributed by atoms with Crippen LogP contribution in [0.3, 0.4) is 0 Å². The quantitative estimate of drug-likeness (QED) is 0.442. The number of aromatic nitrogens is 4. The number of pyridine rings is 2. The fraction of sp³-hybridized carbons (Fsp3) is 0.182. The fourth-order valence-electron chi connectivity index (χ4n) is 3.25. The summed E-state index contributed by atoms with van der Waals surface area (Å²) in [5, 5.41) is 7.74. The van der Waals surface area contributed by atoms with Gasteiger partial charge in [0.1, 0.15) is 0 Å². The molecule has 4 aromatic rings. The summed E-state index contributed by atoms with van der Waals surface area (Å²) in [5.74, 6) is -0.584. The average Bonchev–Trinajstić information content (AvgIpc) is 3.05. The van der Waals surface area contributed by atoms with Gasteiger partial charge < -0.3 is 5.32 Å². The Morgan fingerprint density at radius 2 is 1.78 bits per heavy atom. The molecular weight excluding hydrogens is 443 g/mol. The summed E-state index contributed by atoms with van der Waals surface area (Å²) in [7, 11) is 0. The van der Waals surface area contributed by atoms with Crippen LogP contribution in [-0.2, 0) is 12.7 Å². The Bertz CT molecular complexity index is 1300. The van der Waals surface area contributed by atoms with Gasteiger partial charge in [0.2, 0.25) is 0 Å². The van der Waals surface area contributed by atoms with E-state index in [2.05, 4.69) is 20.4 Å². The van der Waals surface area contributed by atoms with Crippen LogP contribution in [0.5, 0.6) is 0 Å². The first-order valence-electron chi connectivity index (χ1n) is 9.55. The second kappa shape index (κ2) is 8.23. The predicted octanol–water partition coefficient (Wildman–Crippen LogP) is 5.42. The van der Waals surface area contributed by atoms with Crippen molar-refractivity contribution in [2.24, 2.45) is 0 Å². The maximum absolute atomic E-state index is 12.7. The minimum atomic E-state index is -4.45. The first-order chi connectivity index (χ1) is 15.1. The zero-order valence-electron chi connectivity index (χ0n) is 17.0. The minimum Gasteiger partial charge on any atom is -0.322 e. The third-order valence-corrected chi connectivity index (χ3v) is 5.28. The zero-order chi connectivity index (χ0) is 23.0. The minimum absolute atomic E-state index is 0.0960. The SMILES string of the molecule is Cc1ccc(Cn2nc(C)c3c(Cl)c(C(=O)Nc4ccc(C(F)(F)F)cc4)cnc32)cn1. The highest BCUT2D eigenvalue weighted by atomic mass is 35.5. The van der Waals surface area contributed by atoms with E-state index < -0.39 is 17.6 Å². The number of hydrogen-bond donors (Lipinski definition) is 1. The van der Waals surface area contributed by atoms with Gasteiger partial charge in [-0.25, -0.2) is 9.67 Å². The van der Waals surface area contributed by atoms with Crippen molar-refractivity contribution >= 4 is 34.2 Å². The normalized spacial score (nSPS) is 11.7. The number of hydrogen-bond acceptors (Lipinski definition) is 4. The summed E-state index contributed by atoms with van der Waals surface area (Å²) in [6, 6.07) is 8.00. The highest BCUT2D eigenvalue weighted by Gasteiger charge is 2.30. The molecule has 1 aromatic carbocycles. The first kappa shape index (κ1) is 21.8. The first-order valence-corrected chi connectivity index (χ1v) is 9.93. The molecule has 0 bridgehead atoms. The van der Waals surface area contributed by atoms with Crippen molar-refractivity contribution in [1.82, 2.24) is 19.7 Å². The zero-order valence-corrected chi connectivity index (χ0v) is 17.8. The molecule has 164 valence electrons. The number of fused-ring (bicyclic) bond motifs is 1. The molecule has 32 heavy (non-hydrogen) atoms. The van der Waals surface area contributed by atoms with Crippen LogP contribution in [0.2, 0.25) is 5.02 Å². The number of carbonyl (C=O) groups excluding carboxylic acids is 1. The van der Waals surface area contributed by atoms with Gasteiger partial charge in [-0.1, -0.05) is 17.7 Å². The number of aryl methyl sites for hydroxylation is 2. The number of benzene rings is 1. The monoisotopic (exact) mass is 459 g/mol. The number of anilines is 1. The van der Waals surface area contributed by atoms with Crippen LogP contribution < -0.4 is 5.32 Å². The van der Waals surface area contributed by atoms with E-state index in [4.69, 9.17) is 11.6 Å². The maximum atomic E-state index is 12.7. The van der Waals surface area contributed by atoms with Gasteiger partial charge in [-0.3, -0.25) is 9.78 Å². The van der Waals surface area contributed by atoms with Crippen molar-refractivity contribution in [3.05, 3.63) is 81.9 Å². The van der Waals surface area contributed by atoms with Crippen LogP contribution in [0.25, 0.3) is 11.0 Å². The summed E-state index contributed by atoms with van der Waals surface area (Å²) in [6.07, 6.45) is -1.37. The Balaban J connectivity index is 1.61. The largest absolute Gasteiger partial charge is 0.416 e. The number of amides is 1. The molecule has 4 rings (SSSR count). The molecule has 0 spiro atoms. The van der Waals surface area contributed by atoms with E-state index in [1.54, 1.807) is 17.8 Å². The maximum Gasteiger partial charge on any atom is 0.416 e. The third-order valence-electron chi connectivity index (χ3n) is 4.89. The molecule has 1 N–H and O–H groups in total. The van der Waals surface area contributed by atoms with Gasteiger partial charge in [0.15, 0.2) is 5.65 Å². The molecule has 0 radical (unpaired) electrons. The molecule has 0 aliphatic carbocycles. The Hall–Kier alpha value is -3.46. The van der Waals surface area contributed by atoms with Gasteiger partial charge in [0.25, 0.3) is 5.91 Å². The molecule has 3 aromatic heterocycles.